The second-order valence-electron chi connectivity index (χ2n) is 3.81. The third-order valence-electron chi connectivity index (χ3n) is 2.59. The first-order chi connectivity index (χ1) is 8.16. The van der Waals surface area contributed by atoms with Gasteiger partial charge in [0.2, 0.25) is 5.82 Å². The predicted octanol–water partition coefficient (Wildman–Crippen LogP) is 2.95. The van der Waals surface area contributed by atoms with Crippen molar-refractivity contribution in [3.63, 3.8) is 0 Å². The summed E-state index contributed by atoms with van der Waals surface area (Å²) in [6.45, 7) is 0. The van der Waals surface area contributed by atoms with Crippen molar-refractivity contribution in [2.45, 2.75) is 18.9 Å². The Kier molecular flexibility index (Phi) is 4.06. The third kappa shape index (κ3) is 3.23. The van der Waals surface area contributed by atoms with Gasteiger partial charge in [-0.2, -0.15) is 11.8 Å². The zero-order valence-corrected chi connectivity index (χ0v) is 10.6. The Bertz CT molecular complexity index is 424. The molecule has 1 aliphatic rings. The van der Waals surface area contributed by atoms with Crippen LogP contribution in [0.2, 0.25) is 5.02 Å². The summed E-state index contributed by atoms with van der Waals surface area (Å²) in [6, 6.07) is 1.60. The number of halogens is 1. The van der Waals surface area contributed by atoms with Crippen molar-refractivity contribution < 1.29 is 4.92 Å². The summed E-state index contributed by atoms with van der Waals surface area (Å²) in [5, 5.41) is 14.3. The van der Waals surface area contributed by atoms with E-state index in [1.165, 1.54) is 12.3 Å². The molecule has 0 spiro atoms. The molecule has 0 aliphatic carbocycles. The van der Waals surface area contributed by atoms with Crippen molar-refractivity contribution in [1.82, 2.24) is 4.98 Å². The molecule has 0 unspecified atom stereocenters. The van der Waals surface area contributed by atoms with Crippen LogP contribution in [0.25, 0.3) is 0 Å². The van der Waals surface area contributed by atoms with Crippen molar-refractivity contribution in [1.29, 1.82) is 0 Å². The minimum Gasteiger partial charge on any atom is -0.362 e. The molecule has 0 saturated carbocycles. The number of hydrogen-bond acceptors (Lipinski definition) is 5. The molecule has 0 radical (unpaired) electrons. The molecule has 1 saturated heterocycles. The summed E-state index contributed by atoms with van der Waals surface area (Å²) in [5.74, 6) is 2.48. The average Bonchev–Trinajstić information content (AvgIpc) is 2.32. The van der Waals surface area contributed by atoms with E-state index in [2.05, 4.69) is 10.3 Å². The number of anilines is 1. The molecule has 1 aromatic heterocycles. The fraction of sp³-hybridized carbons (Fsp3) is 0.500. The Morgan fingerprint density at radius 3 is 2.88 bits per heavy atom. The van der Waals surface area contributed by atoms with Gasteiger partial charge in [-0.3, -0.25) is 10.1 Å². The van der Waals surface area contributed by atoms with Crippen LogP contribution < -0.4 is 5.32 Å². The van der Waals surface area contributed by atoms with E-state index in [4.69, 9.17) is 11.6 Å². The second-order valence-corrected chi connectivity index (χ2v) is 5.47. The van der Waals surface area contributed by atoms with Gasteiger partial charge in [-0.25, -0.2) is 4.98 Å². The molecule has 1 aromatic rings. The Balaban J connectivity index is 2.16. The van der Waals surface area contributed by atoms with E-state index in [0.717, 1.165) is 24.3 Å². The van der Waals surface area contributed by atoms with Crippen LogP contribution in [-0.4, -0.2) is 27.5 Å². The molecular formula is C10H12ClN3O2S. The maximum atomic E-state index is 10.9. The summed E-state index contributed by atoms with van der Waals surface area (Å²) >= 11 is 7.61. The smallest absolute Gasteiger partial charge is 0.312 e. The molecule has 7 heteroatoms. The maximum absolute atomic E-state index is 10.9. The Morgan fingerprint density at radius 2 is 2.24 bits per heavy atom. The zero-order valence-electron chi connectivity index (χ0n) is 9.06. The second kappa shape index (κ2) is 5.55. The van der Waals surface area contributed by atoms with Crippen molar-refractivity contribution in [2.75, 3.05) is 16.8 Å². The lowest BCUT2D eigenvalue weighted by molar-refractivity contribution is -0.384. The number of aromatic nitrogens is 1. The SMILES string of the molecule is O=[N+]([O-])c1cc(Cl)cnc1NC1CCSCC1. The average molecular weight is 274 g/mol. The molecule has 92 valence electrons. The fourth-order valence-corrected chi connectivity index (χ4v) is 2.97. The first kappa shape index (κ1) is 12.4. The summed E-state index contributed by atoms with van der Waals surface area (Å²) in [5.41, 5.74) is -0.0595. The number of nitrogens with zero attached hydrogens (tertiary/aromatic N) is 2. The summed E-state index contributed by atoms with van der Waals surface area (Å²) in [4.78, 5) is 14.4. The quantitative estimate of drug-likeness (QED) is 0.677. The lowest BCUT2D eigenvalue weighted by Gasteiger charge is -2.22. The van der Waals surface area contributed by atoms with E-state index >= 15 is 0 Å². The first-order valence-corrected chi connectivity index (χ1v) is 6.84. The van der Waals surface area contributed by atoms with Crippen LogP contribution >= 0.6 is 23.4 Å². The minimum absolute atomic E-state index is 0.0595. The van der Waals surface area contributed by atoms with Crippen LogP contribution in [0.4, 0.5) is 11.5 Å². The first-order valence-electron chi connectivity index (χ1n) is 5.31. The van der Waals surface area contributed by atoms with Gasteiger partial charge < -0.3 is 5.32 Å². The number of thioether (sulfide) groups is 1. The lowest BCUT2D eigenvalue weighted by atomic mass is 10.1. The van der Waals surface area contributed by atoms with Gasteiger partial charge in [0.1, 0.15) is 0 Å². The largest absolute Gasteiger partial charge is 0.362 e. The third-order valence-corrected chi connectivity index (χ3v) is 3.85. The minimum atomic E-state index is -0.460. The Morgan fingerprint density at radius 1 is 1.53 bits per heavy atom. The number of nitro groups is 1. The molecule has 0 atom stereocenters. The molecule has 1 N–H and O–H groups in total. The summed E-state index contributed by atoms with van der Waals surface area (Å²) in [7, 11) is 0. The van der Waals surface area contributed by atoms with Crippen molar-refractivity contribution in [3.8, 4) is 0 Å². The van der Waals surface area contributed by atoms with Gasteiger partial charge in [0, 0.05) is 18.3 Å². The zero-order chi connectivity index (χ0) is 12.3. The highest BCUT2D eigenvalue weighted by Gasteiger charge is 2.20. The highest BCUT2D eigenvalue weighted by molar-refractivity contribution is 7.99. The van der Waals surface area contributed by atoms with E-state index in [-0.39, 0.29) is 16.8 Å². The van der Waals surface area contributed by atoms with E-state index in [9.17, 15) is 10.1 Å². The van der Waals surface area contributed by atoms with Crippen molar-refractivity contribution in [3.05, 3.63) is 27.4 Å². The van der Waals surface area contributed by atoms with Crippen LogP contribution in [0, 0.1) is 10.1 Å². The molecule has 1 fully saturated rings. The number of rotatable bonds is 3. The van der Waals surface area contributed by atoms with Crippen LogP contribution in [0.5, 0.6) is 0 Å². The van der Waals surface area contributed by atoms with E-state index in [1.54, 1.807) is 0 Å². The fourth-order valence-electron chi connectivity index (χ4n) is 1.71. The van der Waals surface area contributed by atoms with Crippen molar-refractivity contribution in [2.24, 2.45) is 0 Å². The summed E-state index contributed by atoms with van der Waals surface area (Å²) in [6.07, 6.45) is 3.44. The number of pyridine rings is 1. The Labute approximate surface area is 108 Å². The predicted molar refractivity (Wildman–Crippen MR) is 69.9 cm³/mol. The van der Waals surface area contributed by atoms with Gasteiger partial charge in [0.05, 0.1) is 9.95 Å². The van der Waals surface area contributed by atoms with Crippen LogP contribution in [0.15, 0.2) is 12.3 Å². The molecular weight excluding hydrogens is 262 g/mol. The number of hydrogen-bond donors (Lipinski definition) is 1. The van der Waals surface area contributed by atoms with Gasteiger partial charge in [-0.1, -0.05) is 11.6 Å². The highest BCUT2D eigenvalue weighted by atomic mass is 35.5. The maximum Gasteiger partial charge on any atom is 0.312 e. The van der Waals surface area contributed by atoms with Gasteiger partial charge in [-0.15, -0.1) is 0 Å². The summed E-state index contributed by atoms with van der Waals surface area (Å²) < 4.78 is 0. The van der Waals surface area contributed by atoms with Gasteiger partial charge >= 0.3 is 5.69 Å². The number of nitrogens with one attached hydrogen (secondary N) is 1. The molecule has 2 heterocycles. The molecule has 0 amide bonds. The van der Waals surface area contributed by atoms with Gasteiger partial charge in [0.15, 0.2) is 0 Å². The van der Waals surface area contributed by atoms with E-state index < -0.39 is 4.92 Å². The molecule has 1 aliphatic heterocycles. The molecule has 2 rings (SSSR count). The van der Waals surface area contributed by atoms with Crippen LogP contribution in [0.1, 0.15) is 12.8 Å². The molecule has 0 bridgehead atoms. The van der Waals surface area contributed by atoms with Crippen molar-refractivity contribution >= 4 is 34.9 Å². The van der Waals surface area contributed by atoms with Crippen LogP contribution in [-0.2, 0) is 0 Å². The standard InChI is InChI=1S/C10H12ClN3O2S/c11-7-5-9(14(15)16)10(12-6-7)13-8-1-3-17-4-2-8/h5-6,8H,1-4H2,(H,12,13). The topological polar surface area (TPSA) is 68.1 Å². The lowest BCUT2D eigenvalue weighted by Crippen LogP contribution is -2.25. The highest BCUT2D eigenvalue weighted by Crippen LogP contribution is 2.28. The van der Waals surface area contributed by atoms with E-state index in [1.807, 2.05) is 11.8 Å². The molecule has 5 nitrogen and oxygen atoms in total. The van der Waals surface area contributed by atoms with Gasteiger partial charge in [0.25, 0.3) is 0 Å². The monoisotopic (exact) mass is 273 g/mol. The van der Waals surface area contributed by atoms with E-state index in [0.29, 0.717) is 5.82 Å². The molecule has 0 aromatic carbocycles. The normalized spacial score (nSPS) is 16.8. The van der Waals surface area contributed by atoms with Gasteiger partial charge in [-0.05, 0) is 24.3 Å². The Hall–Kier alpha value is -1.01. The molecule has 17 heavy (non-hydrogen) atoms. The van der Waals surface area contributed by atoms with Crippen LogP contribution in [0.3, 0.4) is 0 Å².